The van der Waals surface area contributed by atoms with Gasteiger partial charge in [-0.3, -0.25) is 5.32 Å². The number of nitroso groups, excluding NO2 is 1. The predicted molar refractivity (Wildman–Crippen MR) is 102 cm³/mol. The van der Waals surface area contributed by atoms with Crippen LogP contribution in [0.4, 0.5) is 21.9 Å². The first kappa shape index (κ1) is 19.0. The molecular formula is C19H21N3O4. The zero-order chi connectivity index (χ0) is 18.9. The summed E-state index contributed by atoms with van der Waals surface area (Å²) in [5, 5.41) is 6.92. The molecule has 1 amide bonds. The third-order valence-electron chi connectivity index (χ3n) is 3.46. The number of hydrogen-bond donors (Lipinski definition) is 1. The van der Waals surface area contributed by atoms with E-state index in [2.05, 4.69) is 10.6 Å². The van der Waals surface area contributed by atoms with Gasteiger partial charge < -0.3 is 9.47 Å². The van der Waals surface area contributed by atoms with Gasteiger partial charge >= 0.3 is 6.09 Å². The van der Waals surface area contributed by atoms with Crippen molar-refractivity contribution in [1.29, 1.82) is 0 Å². The zero-order valence-corrected chi connectivity index (χ0v) is 14.9. The van der Waals surface area contributed by atoms with Crippen molar-refractivity contribution < 1.29 is 14.3 Å². The lowest BCUT2D eigenvalue weighted by molar-refractivity contribution is 0.174. The van der Waals surface area contributed by atoms with Gasteiger partial charge in [-0.15, -0.1) is 4.91 Å². The fraction of sp³-hybridized carbons (Fsp3) is 0.211. The van der Waals surface area contributed by atoms with E-state index in [0.29, 0.717) is 22.8 Å². The average molecular weight is 355 g/mol. The van der Waals surface area contributed by atoms with Crippen LogP contribution in [0.2, 0.25) is 0 Å². The second kappa shape index (κ2) is 9.22. The van der Waals surface area contributed by atoms with Crippen LogP contribution in [-0.2, 0) is 4.74 Å². The molecule has 0 atom stereocenters. The van der Waals surface area contributed by atoms with Crippen molar-refractivity contribution in [3.63, 3.8) is 0 Å². The van der Waals surface area contributed by atoms with Gasteiger partial charge in [-0.2, -0.15) is 5.01 Å². The highest BCUT2D eigenvalue weighted by molar-refractivity contribution is 5.85. The number of methoxy groups -OCH3 is 1. The summed E-state index contributed by atoms with van der Waals surface area (Å²) in [6.07, 6.45) is 1.27. The normalized spacial score (nSPS) is 9.81. The highest BCUT2D eigenvalue weighted by Crippen LogP contribution is 2.28. The summed E-state index contributed by atoms with van der Waals surface area (Å²) in [4.78, 5) is 22.9. The Morgan fingerprint density at radius 2 is 1.65 bits per heavy atom. The molecular weight excluding hydrogens is 334 g/mol. The van der Waals surface area contributed by atoms with Crippen LogP contribution in [0.3, 0.4) is 0 Å². The van der Waals surface area contributed by atoms with Crippen LogP contribution in [0.1, 0.15) is 13.8 Å². The van der Waals surface area contributed by atoms with E-state index in [1.165, 1.54) is 5.01 Å². The quantitative estimate of drug-likeness (QED) is 0.428. The molecule has 2 aromatic rings. The molecule has 7 heteroatoms. The van der Waals surface area contributed by atoms with E-state index in [1.807, 2.05) is 19.9 Å². The van der Waals surface area contributed by atoms with Crippen molar-refractivity contribution in [3.8, 4) is 5.75 Å². The van der Waals surface area contributed by atoms with Crippen LogP contribution in [0.5, 0.6) is 5.75 Å². The average Bonchev–Trinajstić information content (AvgIpc) is 2.64. The second-order valence-corrected chi connectivity index (χ2v) is 5.64. The Kier molecular flexibility index (Phi) is 6.73. The number of amides is 1. The van der Waals surface area contributed by atoms with E-state index in [0.717, 1.165) is 5.57 Å². The molecule has 0 saturated heterocycles. The lowest BCUT2D eigenvalue weighted by Gasteiger charge is -2.16. The van der Waals surface area contributed by atoms with Crippen molar-refractivity contribution >= 4 is 23.2 Å². The van der Waals surface area contributed by atoms with Crippen LogP contribution in [-0.4, -0.2) is 19.8 Å². The van der Waals surface area contributed by atoms with Gasteiger partial charge in [-0.1, -0.05) is 5.57 Å². The van der Waals surface area contributed by atoms with Crippen molar-refractivity contribution in [2.45, 2.75) is 13.8 Å². The number of nitrogens with zero attached hydrogens (tertiary/aromatic N) is 2. The molecule has 0 radical (unpaired) electrons. The molecule has 26 heavy (non-hydrogen) atoms. The van der Waals surface area contributed by atoms with Gasteiger partial charge in [0.25, 0.3) is 0 Å². The zero-order valence-electron chi connectivity index (χ0n) is 14.9. The Bertz CT molecular complexity index is 766. The van der Waals surface area contributed by atoms with Crippen molar-refractivity contribution in [1.82, 2.24) is 0 Å². The highest BCUT2D eigenvalue weighted by Gasteiger charge is 2.10. The lowest BCUT2D eigenvalue weighted by Crippen LogP contribution is -2.14. The third kappa shape index (κ3) is 5.34. The topological polar surface area (TPSA) is 80.2 Å². The molecule has 2 aromatic carbocycles. The van der Waals surface area contributed by atoms with Crippen molar-refractivity contribution in [2.24, 2.45) is 5.29 Å². The Balaban J connectivity index is 2.03. The third-order valence-corrected chi connectivity index (χ3v) is 3.46. The summed E-state index contributed by atoms with van der Waals surface area (Å²) < 4.78 is 10.1. The summed E-state index contributed by atoms with van der Waals surface area (Å²) in [5.74, 6) is 0.686. The van der Waals surface area contributed by atoms with Crippen LogP contribution in [0, 0.1) is 4.91 Å². The van der Waals surface area contributed by atoms with Gasteiger partial charge in [0, 0.05) is 5.69 Å². The molecule has 0 heterocycles. The van der Waals surface area contributed by atoms with Gasteiger partial charge in [-0.05, 0) is 68.5 Å². The molecule has 0 bridgehead atoms. The van der Waals surface area contributed by atoms with E-state index in [1.54, 1.807) is 55.6 Å². The number of carbonyl (C=O) groups excluding carboxylic acids is 1. The van der Waals surface area contributed by atoms with Gasteiger partial charge in [-0.25, -0.2) is 4.79 Å². The Morgan fingerprint density at radius 3 is 2.15 bits per heavy atom. The molecule has 0 aliphatic rings. The van der Waals surface area contributed by atoms with Gasteiger partial charge in [0.15, 0.2) is 0 Å². The molecule has 1 N–H and O–H groups in total. The SMILES string of the molecule is COc1ccc(N(N=O)c2ccc(NC(=O)OCC=C(C)C)cc2)cc1. The maximum Gasteiger partial charge on any atom is 0.411 e. The standard InChI is InChI=1S/C19H21N3O4/c1-14(2)12-13-26-19(23)20-15-4-6-16(7-5-15)22(21-24)17-8-10-18(25-3)11-9-17/h4-12H,13H2,1-3H3,(H,20,23). The molecule has 7 nitrogen and oxygen atoms in total. The largest absolute Gasteiger partial charge is 0.497 e. The van der Waals surface area contributed by atoms with Crippen LogP contribution in [0.15, 0.2) is 65.5 Å². The molecule has 2 rings (SSSR count). The monoisotopic (exact) mass is 355 g/mol. The smallest absolute Gasteiger partial charge is 0.411 e. The molecule has 0 aromatic heterocycles. The van der Waals surface area contributed by atoms with Gasteiger partial charge in [0.1, 0.15) is 12.4 Å². The number of ether oxygens (including phenoxy) is 2. The Hall–Kier alpha value is -3.35. The number of rotatable bonds is 7. The minimum atomic E-state index is -0.546. The summed E-state index contributed by atoms with van der Waals surface area (Å²) in [5.41, 5.74) is 2.79. The van der Waals surface area contributed by atoms with E-state index < -0.39 is 6.09 Å². The predicted octanol–water partition coefficient (Wildman–Crippen LogP) is 5.03. The summed E-state index contributed by atoms with van der Waals surface area (Å²) in [7, 11) is 1.57. The van der Waals surface area contributed by atoms with E-state index in [-0.39, 0.29) is 6.61 Å². The van der Waals surface area contributed by atoms with E-state index in [4.69, 9.17) is 9.47 Å². The number of hydrogen-bond acceptors (Lipinski definition) is 5. The van der Waals surface area contributed by atoms with Crippen molar-refractivity contribution in [2.75, 3.05) is 24.0 Å². The Morgan fingerprint density at radius 1 is 1.08 bits per heavy atom. The number of nitrogens with one attached hydrogen (secondary N) is 1. The lowest BCUT2D eigenvalue weighted by atomic mass is 10.2. The molecule has 136 valence electrons. The van der Waals surface area contributed by atoms with Gasteiger partial charge in [0.05, 0.1) is 23.8 Å². The molecule has 0 saturated carbocycles. The number of carbonyl (C=O) groups is 1. The minimum Gasteiger partial charge on any atom is -0.497 e. The van der Waals surface area contributed by atoms with Crippen molar-refractivity contribution in [3.05, 3.63) is 65.1 Å². The van der Waals surface area contributed by atoms with Crippen LogP contribution in [0.25, 0.3) is 0 Å². The fourth-order valence-corrected chi connectivity index (χ4v) is 2.09. The van der Waals surface area contributed by atoms with Crippen LogP contribution >= 0.6 is 0 Å². The summed E-state index contributed by atoms with van der Waals surface area (Å²) >= 11 is 0. The second-order valence-electron chi connectivity index (χ2n) is 5.64. The minimum absolute atomic E-state index is 0.215. The van der Waals surface area contributed by atoms with Crippen LogP contribution < -0.4 is 15.1 Å². The number of anilines is 3. The first-order chi connectivity index (χ1) is 12.5. The molecule has 0 spiro atoms. The Labute approximate surface area is 152 Å². The summed E-state index contributed by atoms with van der Waals surface area (Å²) in [6, 6.07) is 13.6. The van der Waals surface area contributed by atoms with E-state index in [9.17, 15) is 9.70 Å². The maximum absolute atomic E-state index is 11.7. The number of benzene rings is 2. The first-order valence-corrected chi connectivity index (χ1v) is 7.98. The highest BCUT2D eigenvalue weighted by atomic mass is 16.5. The molecule has 0 fully saturated rings. The molecule has 0 aliphatic carbocycles. The van der Waals surface area contributed by atoms with Gasteiger partial charge in [0.2, 0.25) is 0 Å². The number of allylic oxidation sites excluding steroid dienone is 1. The molecule has 0 aliphatic heterocycles. The fourth-order valence-electron chi connectivity index (χ4n) is 2.09. The van der Waals surface area contributed by atoms with E-state index >= 15 is 0 Å². The molecule has 0 unspecified atom stereocenters. The summed E-state index contributed by atoms with van der Waals surface area (Å²) in [6.45, 7) is 4.07. The maximum atomic E-state index is 11.7. The first-order valence-electron chi connectivity index (χ1n) is 7.98.